The fourth-order valence-electron chi connectivity index (χ4n) is 3.20. The van der Waals surface area contributed by atoms with E-state index in [9.17, 15) is 10.2 Å². The van der Waals surface area contributed by atoms with Gasteiger partial charge in [-0.2, -0.15) is 16.9 Å². The predicted octanol–water partition coefficient (Wildman–Crippen LogP) is -0.400. The molecule has 1 aromatic heterocycles. The molecule has 0 radical (unpaired) electrons. The van der Waals surface area contributed by atoms with Gasteiger partial charge in [0.1, 0.15) is 12.1 Å². The number of aromatic hydroxyl groups is 1. The standard InChI is InChI=1S/C20H17N2O2.C5H12N4.CH4O.Cs/c1-15(23)20-21-12-14-22(20)13-2-3-16-4-6-17(7-5-16)18-8-10-19(24)11-9-18;6-8-4-9(7)5-2-1-3-5;1-2;/h4-15,23-24H,1H3;4-5H,1-3,6-7H2;2H,1H3;/q-1;;;+1/b;8-4-;;. The molecule has 1 fully saturated rings. The first kappa shape index (κ1) is 32.1. The van der Waals surface area contributed by atoms with Crippen molar-refractivity contribution in [3.05, 3.63) is 78.9 Å². The molecule has 1 heterocycles. The molecule has 1 saturated carbocycles. The summed E-state index contributed by atoms with van der Waals surface area (Å²) < 4.78 is 1.71. The maximum absolute atomic E-state index is 9.60. The van der Waals surface area contributed by atoms with E-state index >= 15 is 0 Å². The normalized spacial score (nSPS) is 12.8. The molecule has 186 valence electrons. The molecule has 0 spiro atoms. The third kappa shape index (κ3) is 10.2. The Morgan fingerprint density at radius 3 is 2.22 bits per heavy atom. The molecule has 4 rings (SSSR count). The van der Waals surface area contributed by atoms with Gasteiger partial charge >= 0.3 is 68.9 Å². The van der Waals surface area contributed by atoms with Gasteiger partial charge in [0.25, 0.3) is 0 Å². The number of aromatic nitrogens is 2. The molecule has 1 unspecified atom stereocenters. The fraction of sp³-hybridized carbons (Fsp3) is 0.269. The average Bonchev–Trinajstić information content (AvgIpc) is 3.30. The second-order valence-electron chi connectivity index (χ2n) is 7.69. The molecule has 0 aliphatic heterocycles. The molecule has 2 aromatic carbocycles. The number of hydrazone groups is 1. The third-order valence-electron chi connectivity index (χ3n) is 5.27. The quantitative estimate of drug-likeness (QED) is 0.0660. The first-order valence-electron chi connectivity index (χ1n) is 11.1. The number of nitrogens with zero attached hydrogens (tertiary/aromatic N) is 4. The summed E-state index contributed by atoms with van der Waals surface area (Å²) in [5.41, 5.74) is 3.00. The van der Waals surface area contributed by atoms with Crippen LogP contribution in [0, 0.1) is 18.4 Å². The van der Waals surface area contributed by atoms with E-state index in [1.165, 1.54) is 25.6 Å². The van der Waals surface area contributed by atoms with Crippen LogP contribution in [0.3, 0.4) is 0 Å². The summed E-state index contributed by atoms with van der Waals surface area (Å²) in [7, 11) is 1.00. The number of rotatable bonds is 5. The van der Waals surface area contributed by atoms with Crippen LogP contribution in [0.4, 0.5) is 0 Å². The van der Waals surface area contributed by atoms with E-state index < -0.39 is 6.10 Å². The summed E-state index contributed by atoms with van der Waals surface area (Å²) in [5.74, 6) is 17.2. The van der Waals surface area contributed by atoms with Crippen molar-refractivity contribution in [2.45, 2.75) is 38.3 Å². The van der Waals surface area contributed by atoms with Crippen LogP contribution in [0.25, 0.3) is 11.1 Å². The van der Waals surface area contributed by atoms with E-state index in [0.717, 1.165) is 23.8 Å². The Morgan fingerprint density at radius 2 is 1.72 bits per heavy atom. The third-order valence-corrected chi connectivity index (χ3v) is 5.27. The number of imidazole rings is 1. The molecule has 1 aliphatic rings. The van der Waals surface area contributed by atoms with Crippen LogP contribution >= 0.6 is 0 Å². The van der Waals surface area contributed by atoms with Gasteiger partial charge in [0.05, 0.1) is 11.9 Å². The number of phenols is 1. The molecule has 3 aromatic rings. The number of nitrogens with two attached hydrogens (primary N) is 2. The molecule has 0 amide bonds. The van der Waals surface area contributed by atoms with Crippen molar-refractivity contribution in [3.8, 4) is 28.7 Å². The van der Waals surface area contributed by atoms with E-state index in [4.69, 9.17) is 16.8 Å². The van der Waals surface area contributed by atoms with Crippen LogP contribution in [0.2, 0.25) is 0 Å². The second-order valence-corrected chi connectivity index (χ2v) is 7.69. The van der Waals surface area contributed by atoms with Gasteiger partial charge in [0, 0.05) is 13.2 Å². The summed E-state index contributed by atoms with van der Waals surface area (Å²) in [6, 6.07) is 15.5. The maximum Gasteiger partial charge on any atom is 1.00 e. The molecular formula is C26H33CsN6O3. The smallest absolute Gasteiger partial charge is 0.508 e. The zero-order valence-corrected chi connectivity index (χ0v) is 27.3. The van der Waals surface area contributed by atoms with Crippen molar-refractivity contribution < 1.29 is 84.2 Å². The summed E-state index contributed by atoms with van der Waals surface area (Å²) >= 11 is 0. The van der Waals surface area contributed by atoms with Crippen LogP contribution in [-0.4, -0.2) is 49.4 Å². The summed E-state index contributed by atoms with van der Waals surface area (Å²) in [5, 5.41) is 30.8. The van der Waals surface area contributed by atoms with Crippen molar-refractivity contribution >= 4 is 6.34 Å². The monoisotopic (exact) mass is 610 g/mol. The topological polar surface area (TPSA) is 146 Å². The second kappa shape index (κ2) is 17.5. The van der Waals surface area contributed by atoms with Gasteiger partial charge in [-0.05, 0) is 67.8 Å². The number of hydrogen-bond donors (Lipinski definition) is 5. The van der Waals surface area contributed by atoms with Gasteiger partial charge < -0.3 is 25.7 Å². The van der Waals surface area contributed by atoms with Gasteiger partial charge in [-0.3, -0.25) is 9.99 Å². The van der Waals surface area contributed by atoms with Gasteiger partial charge in [-0.25, -0.2) is 5.84 Å². The van der Waals surface area contributed by atoms with E-state index in [0.29, 0.717) is 11.9 Å². The number of aliphatic hydroxyl groups excluding tert-OH is 2. The summed E-state index contributed by atoms with van der Waals surface area (Å²) in [6.07, 6.45) is 7.82. The molecule has 1 atom stereocenters. The van der Waals surface area contributed by atoms with Crippen molar-refractivity contribution in [3.63, 3.8) is 0 Å². The Kier molecular flexibility index (Phi) is 15.6. The molecule has 9 nitrogen and oxygen atoms in total. The van der Waals surface area contributed by atoms with E-state index in [2.05, 4.69) is 21.9 Å². The van der Waals surface area contributed by atoms with Crippen molar-refractivity contribution in [2.75, 3.05) is 7.11 Å². The Hall–Kier alpha value is -1.92. The molecule has 7 N–H and O–H groups in total. The molecule has 1 aliphatic carbocycles. The van der Waals surface area contributed by atoms with Crippen LogP contribution in [-0.2, 0) is 0 Å². The zero-order chi connectivity index (χ0) is 25.6. The van der Waals surface area contributed by atoms with Gasteiger partial charge in [0.2, 0.25) is 0 Å². The van der Waals surface area contributed by atoms with Crippen LogP contribution in [0.5, 0.6) is 5.75 Å². The van der Waals surface area contributed by atoms with E-state index in [1.807, 2.05) is 36.4 Å². The summed E-state index contributed by atoms with van der Waals surface area (Å²) in [6.45, 7) is 3.35. The maximum atomic E-state index is 9.60. The molecule has 10 heteroatoms. The minimum atomic E-state index is -0.636. The Balaban J connectivity index is 0.000000455. The minimum absolute atomic E-state index is 0. The van der Waals surface area contributed by atoms with Gasteiger partial charge in [-0.15, -0.1) is 0 Å². The zero-order valence-electron chi connectivity index (χ0n) is 21.0. The molecule has 0 saturated heterocycles. The van der Waals surface area contributed by atoms with E-state index in [-0.39, 0.29) is 74.6 Å². The number of aliphatic hydroxyl groups is 2. The first-order chi connectivity index (χ1) is 17.0. The van der Waals surface area contributed by atoms with Crippen molar-refractivity contribution in [2.24, 2.45) is 16.8 Å². The SMILES string of the molecule is CC(O)c1nccn1[CH-]C#Cc1ccc(-c2ccc(O)cc2)cc1.CO.N/N=C\N(N)C1CCC1.[Cs+]. The Labute approximate surface area is 271 Å². The van der Waals surface area contributed by atoms with Crippen LogP contribution < -0.4 is 80.6 Å². The molecule has 0 bridgehead atoms. The van der Waals surface area contributed by atoms with E-state index in [1.54, 1.807) is 47.6 Å². The number of phenolic OH excluding ortho intramolecular Hbond substituents is 1. The number of hydrazine groups is 1. The fourth-order valence-corrected chi connectivity index (χ4v) is 3.20. The number of benzene rings is 2. The predicted molar refractivity (Wildman–Crippen MR) is 137 cm³/mol. The Morgan fingerprint density at radius 1 is 1.14 bits per heavy atom. The van der Waals surface area contributed by atoms with Crippen molar-refractivity contribution in [1.82, 2.24) is 14.6 Å². The largest absolute Gasteiger partial charge is 1.00 e. The minimum Gasteiger partial charge on any atom is -0.508 e. The average molecular weight is 610 g/mol. The van der Waals surface area contributed by atoms with Crippen LogP contribution in [0.1, 0.15) is 43.7 Å². The summed E-state index contributed by atoms with van der Waals surface area (Å²) in [4.78, 5) is 4.09. The van der Waals surface area contributed by atoms with Gasteiger partial charge in [0.15, 0.2) is 0 Å². The van der Waals surface area contributed by atoms with Crippen molar-refractivity contribution in [1.29, 1.82) is 0 Å². The Bertz CT molecular complexity index is 1100. The van der Waals surface area contributed by atoms with Gasteiger partial charge in [-0.1, -0.05) is 42.6 Å². The van der Waals surface area contributed by atoms with Crippen LogP contribution in [0.15, 0.2) is 66.0 Å². The first-order valence-corrected chi connectivity index (χ1v) is 11.1. The molecular weight excluding hydrogens is 577 g/mol. The molecule has 36 heavy (non-hydrogen) atoms. The number of hydrogen-bond acceptors (Lipinski definition) is 7.